The van der Waals surface area contributed by atoms with Crippen LogP contribution in [0.3, 0.4) is 0 Å². The summed E-state index contributed by atoms with van der Waals surface area (Å²) in [6.45, 7) is 2.03. The van der Waals surface area contributed by atoms with E-state index in [1.807, 2.05) is 7.05 Å². The quantitative estimate of drug-likeness (QED) is 0.660. The molecule has 0 unspecified atom stereocenters. The minimum absolute atomic E-state index is 0.198. The highest BCUT2D eigenvalue weighted by atomic mass is 16.5. The van der Waals surface area contributed by atoms with Crippen LogP contribution in [0.15, 0.2) is 24.5 Å². The molecule has 1 aromatic carbocycles. The maximum absolute atomic E-state index is 12.0. The number of ether oxygens (including phenoxy) is 2. The van der Waals surface area contributed by atoms with Crippen LogP contribution in [0, 0.1) is 0 Å². The zero-order valence-electron chi connectivity index (χ0n) is 18.2. The molecule has 1 fully saturated rings. The Labute approximate surface area is 181 Å². The van der Waals surface area contributed by atoms with Crippen LogP contribution in [0.2, 0.25) is 0 Å². The van der Waals surface area contributed by atoms with Gasteiger partial charge in [-0.2, -0.15) is 0 Å². The molecule has 3 rings (SSSR count). The molecule has 0 bridgehead atoms. The molecule has 1 aliphatic heterocycles. The fourth-order valence-corrected chi connectivity index (χ4v) is 3.63. The number of benzene rings is 1. The molecule has 1 aromatic heterocycles. The molecule has 0 saturated carbocycles. The number of nitrogens with zero attached hydrogens (tertiary/aromatic N) is 4. The lowest BCUT2D eigenvalue weighted by molar-refractivity contribution is 0.0599. The molecular formula is C21H28N6O4. The lowest BCUT2D eigenvalue weighted by Crippen LogP contribution is -2.42. The zero-order chi connectivity index (χ0) is 22.5. The van der Waals surface area contributed by atoms with Crippen molar-refractivity contribution in [3.8, 4) is 0 Å². The molecule has 0 atom stereocenters. The van der Waals surface area contributed by atoms with Crippen LogP contribution in [-0.2, 0) is 9.47 Å². The van der Waals surface area contributed by atoms with Crippen LogP contribution in [0.1, 0.15) is 33.6 Å². The van der Waals surface area contributed by atoms with Crippen molar-refractivity contribution in [2.24, 2.45) is 0 Å². The van der Waals surface area contributed by atoms with Gasteiger partial charge in [-0.05, 0) is 51.2 Å². The number of piperidine rings is 1. The van der Waals surface area contributed by atoms with Gasteiger partial charge in [0.05, 0.1) is 25.3 Å². The van der Waals surface area contributed by atoms with E-state index in [0.717, 1.165) is 25.9 Å². The summed E-state index contributed by atoms with van der Waals surface area (Å²) in [4.78, 5) is 37.1. The lowest BCUT2D eigenvalue weighted by atomic mass is 10.0. The third-order valence-corrected chi connectivity index (χ3v) is 5.47. The van der Waals surface area contributed by atoms with E-state index in [1.54, 1.807) is 12.1 Å². The number of hydrogen-bond acceptors (Lipinski definition) is 10. The Morgan fingerprint density at radius 2 is 1.68 bits per heavy atom. The highest BCUT2D eigenvalue weighted by Crippen LogP contribution is 2.31. The molecule has 0 amide bonds. The first kappa shape index (κ1) is 22.3. The molecular weight excluding hydrogens is 400 g/mol. The van der Waals surface area contributed by atoms with Crippen LogP contribution in [0.25, 0.3) is 0 Å². The van der Waals surface area contributed by atoms with Gasteiger partial charge in [0.15, 0.2) is 11.6 Å². The van der Waals surface area contributed by atoms with Gasteiger partial charge in [-0.1, -0.05) is 0 Å². The molecule has 0 radical (unpaired) electrons. The predicted octanol–water partition coefficient (Wildman–Crippen LogP) is 1.91. The summed E-state index contributed by atoms with van der Waals surface area (Å²) >= 11 is 0. The van der Waals surface area contributed by atoms with E-state index in [0.29, 0.717) is 29.1 Å². The van der Waals surface area contributed by atoms with E-state index >= 15 is 0 Å². The monoisotopic (exact) mass is 428 g/mol. The number of aromatic nitrogens is 2. The Morgan fingerprint density at radius 1 is 1.10 bits per heavy atom. The third-order valence-electron chi connectivity index (χ3n) is 5.47. The summed E-state index contributed by atoms with van der Waals surface area (Å²) in [5, 5.41) is 3.09. The second kappa shape index (κ2) is 9.61. The SMILES string of the molecule is COC(=O)c1cc(Nc2ncnc(N(C)C3CCN(C)CC3)c2N)cc(C(=O)OC)c1. The second-order valence-corrected chi connectivity index (χ2v) is 7.51. The van der Waals surface area contributed by atoms with E-state index in [4.69, 9.17) is 15.2 Å². The first-order valence-corrected chi connectivity index (χ1v) is 9.94. The van der Waals surface area contributed by atoms with Gasteiger partial charge in [-0.15, -0.1) is 0 Å². The number of anilines is 4. The smallest absolute Gasteiger partial charge is 0.337 e. The van der Waals surface area contributed by atoms with Crippen molar-refractivity contribution in [3.63, 3.8) is 0 Å². The maximum atomic E-state index is 12.0. The summed E-state index contributed by atoms with van der Waals surface area (Å²) < 4.78 is 9.56. The summed E-state index contributed by atoms with van der Waals surface area (Å²) in [5.74, 6) is -0.147. The Kier molecular flexibility index (Phi) is 6.91. The van der Waals surface area contributed by atoms with Gasteiger partial charge in [0, 0.05) is 18.8 Å². The van der Waals surface area contributed by atoms with Crippen molar-refractivity contribution in [2.75, 3.05) is 57.4 Å². The van der Waals surface area contributed by atoms with E-state index in [2.05, 4.69) is 32.1 Å². The fraction of sp³-hybridized carbons (Fsp3) is 0.429. The summed E-state index contributed by atoms with van der Waals surface area (Å²) in [5.41, 5.74) is 7.62. The molecule has 2 aromatic rings. The van der Waals surface area contributed by atoms with E-state index in [9.17, 15) is 9.59 Å². The molecule has 10 heteroatoms. The standard InChI is InChI=1S/C21H28N6O4/c1-26-7-5-16(6-8-26)27(2)19-17(22)18(23-12-24-19)25-15-10-13(20(28)30-3)9-14(11-15)21(29)31-4/h9-12,16H,5-8,22H2,1-4H3,(H,23,24,25). The van der Waals surface area contributed by atoms with E-state index < -0.39 is 11.9 Å². The molecule has 3 N–H and O–H groups in total. The average molecular weight is 428 g/mol. The van der Waals surface area contributed by atoms with Crippen molar-refractivity contribution in [3.05, 3.63) is 35.7 Å². The highest BCUT2D eigenvalue weighted by molar-refractivity contribution is 5.97. The molecule has 31 heavy (non-hydrogen) atoms. The molecule has 0 spiro atoms. The molecule has 1 saturated heterocycles. The molecule has 1 aliphatic rings. The number of nitrogens with one attached hydrogen (secondary N) is 1. The number of rotatable bonds is 6. The predicted molar refractivity (Wildman–Crippen MR) is 118 cm³/mol. The van der Waals surface area contributed by atoms with Crippen molar-refractivity contribution in [1.82, 2.24) is 14.9 Å². The number of nitrogen functional groups attached to an aromatic ring is 1. The minimum Gasteiger partial charge on any atom is -0.465 e. The van der Waals surface area contributed by atoms with Crippen molar-refractivity contribution >= 4 is 34.9 Å². The fourth-order valence-electron chi connectivity index (χ4n) is 3.63. The van der Waals surface area contributed by atoms with Gasteiger partial charge < -0.3 is 30.3 Å². The van der Waals surface area contributed by atoms with Crippen LogP contribution < -0.4 is 16.0 Å². The van der Waals surface area contributed by atoms with Gasteiger partial charge >= 0.3 is 11.9 Å². The van der Waals surface area contributed by atoms with Crippen LogP contribution in [-0.4, -0.2) is 74.3 Å². The third kappa shape index (κ3) is 5.02. The summed E-state index contributed by atoms with van der Waals surface area (Å²) in [6, 6.07) is 4.85. The highest BCUT2D eigenvalue weighted by Gasteiger charge is 2.24. The van der Waals surface area contributed by atoms with Gasteiger partial charge in [0.1, 0.15) is 12.0 Å². The Morgan fingerprint density at radius 3 is 2.23 bits per heavy atom. The molecule has 166 valence electrons. The zero-order valence-corrected chi connectivity index (χ0v) is 18.2. The van der Waals surface area contributed by atoms with Crippen LogP contribution >= 0.6 is 0 Å². The van der Waals surface area contributed by atoms with Crippen molar-refractivity contribution in [1.29, 1.82) is 0 Å². The second-order valence-electron chi connectivity index (χ2n) is 7.51. The number of methoxy groups -OCH3 is 2. The van der Waals surface area contributed by atoms with Crippen LogP contribution in [0.5, 0.6) is 0 Å². The molecule has 10 nitrogen and oxygen atoms in total. The van der Waals surface area contributed by atoms with Crippen LogP contribution in [0.4, 0.5) is 23.0 Å². The number of esters is 2. The topological polar surface area (TPSA) is 123 Å². The summed E-state index contributed by atoms with van der Waals surface area (Å²) in [6.07, 6.45) is 3.47. The maximum Gasteiger partial charge on any atom is 0.337 e. The van der Waals surface area contributed by atoms with Gasteiger partial charge in [0.2, 0.25) is 0 Å². The van der Waals surface area contributed by atoms with Crippen molar-refractivity contribution in [2.45, 2.75) is 18.9 Å². The summed E-state index contributed by atoms with van der Waals surface area (Å²) in [7, 11) is 6.63. The van der Waals surface area contributed by atoms with Gasteiger partial charge in [0.25, 0.3) is 0 Å². The Bertz CT molecular complexity index is 925. The number of hydrogen-bond donors (Lipinski definition) is 2. The number of carbonyl (C=O) groups excluding carboxylic acids is 2. The van der Waals surface area contributed by atoms with E-state index in [-0.39, 0.29) is 11.1 Å². The minimum atomic E-state index is -0.577. The largest absolute Gasteiger partial charge is 0.465 e. The van der Waals surface area contributed by atoms with Gasteiger partial charge in [-0.3, -0.25) is 0 Å². The molecule has 0 aliphatic carbocycles. The molecule has 2 heterocycles. The first-order valence-electron chi connectivity index (χ1n) is 9.94. The first-order chi connectivity index (χ1) is 14.8. The average Bonchev–Trinajstić information content (AvgIpc) is 2.79. The number of likely N-dealkylation sites (tertiary alicyclic amines) is 1. The lowest BCUT2D eigenvalue weighted by Gasteiger charge is -2.36. The number of carbonyl (C=O) groups is 2. The Balaban J connectivity index is 1.90. The normalized spacial score (nSPS) is 14.7. The van der Waals surface area contributed by atoms with E-state index in [1.165, 1.54) is 26.6 Å². The Hall–Kier alpha value is -3.40. The number of nitrogens with two attached hydrogens (primary N) is 1. The van der Waals surface area contributed by atoms with Crippen molar-refractivity contribution < 1.29 is 19.1 Å². The van der Waals surface area contributed by atoms with Gasteiger partial charge in [-0.25, -0.2) is 19.6 Å².